The van der Waals surface area contributed by atoms with Crippen molar-refractivity contribution in [2.75, 3.05) is 53.3 Å². The van der Waals surface area contributed by atoms with Crippen molar-refractivity contribution in [2.45, 2.75) is 6.42 Å². The third-order valence-electron chi connectivity index (χ3n) is 5.86. The maximum absolute atomic E-state index is 13.2. The van der Waals surface area contributed by atoms with E-state index in [-0.39, 0.29) is 18.4 Å². The van der Waals surface area contributed by atoms with Gasteiger partial charge in [0.25, 0.3) is 5.91 Å². The summed E-state index contributed by atoms with van der Waals surface area (Å²) in [5, 5.41) is 9.85. The van der Waals surface area contributed by atoms with Crippen LogP contribution in [0.4, 0.5) is 5.69 Å². The molecule has 0 spiro atoms. The topological polar surface area (TPSA) is 99.8 Å². The average Bonchev–Trinajstić information content (AvgIpc) is 3.38. The maximum Gasteiger partial charge on any atom is 0.253 e. The summed E-state index contributed by atoms with van der Waals surface area (Å²) in [5.74, 6) is 0.664. The molecule has 9 heteroatoms. The number of hydrogen-bond acceptors (Lipinski definition) is 6. The van der Waals surface area contributed by atoms with E-state index in [9.17, 15) is 9.59 Å². The number of ether oxygens (including phenoxy) is 2. The molecule has 3 aromatic rings. The third kappa shape index (κ3) is 5.81. The van der Waals surface area contributed by atoms with Crippen LogP contribution in [0.3, 0.4) is 0 Å². The minimum atomic E-state index is -0.393. The molecule has 1 atom stereocenters. The second kappa shape index (κ2) is 10.6. The van der Waals surface area contributed by atoms with Crippen molar-refractivity contribution < 1.29 is 19.1 Å². The summed E-state index contributed by atoms with van der Waals surface area (Å²) in [6.45, 7) is 1.49. The molecule has 2 heterocycles. The van der Waals surface area contributed by atoms with Crippen molar-refractivity contribution in [3.05, 3.63) is 59.9 Å². The number of fused-ring (bicyclic) bond motifs is 1. The van der Waals surface area contributed by atoms with Gasteiger partial charge in [-0.3, -0.25) is 14.7 Å². The molecule has 4 rings (SSSR count). The number of aromatic nitrogens is 2. The summed E-state index contributed by atoms with van der Waals surface area (Å²) in [6, 6.07) is 11.0. The van der Waals surface area contributed by atoms with Crippen LogP contribution in [0.15, 0.2) is 48.8 Å². The van der Waals surface area contributed by atoms with Gasteiger partial charge in [0.15, 0.2) is 0 Å². The minimum absolute atomic E-state index is 0.0865. The van der Waals surface area contributed by atoms with Crippen molar-refractivity contribution in [1.82, 2.24) is 20.0 Å². The summed E-state index contributed by atoms with van der Waals surface area (Å²) < 4.78 is 11.9. The Bertz CT molecular complexity index is 1190. The quantitative estimate of drug-likeness (QED) is 0.518. The fourth-order valence-corrected chi connectivity index (χ4v) is 3.86. The number of H-pyrrole nitrogens is 1. The molecule has 35 heavy (non-hydrogen) atoms. The van der Waals surface area contributed by atoms with Gasteiger partial charge in [-0.15, -0.1) is 0 Å². The van der Waals surface area contributed by atoms with Gasteiger partial charge < -0.3 is 24.6 Å². The molecule has 1 aliphatic rings. The molecule has 0 unspecified atom stereocenters. The molecule has 0 bridgehead atoms. The first kappa shape index (κ1) is 24.3. The van der Waals surface area contributed by atoms with Crippen LogP contribution >= 0.6 is 0 Å². The van der Waals surface area contributed by atoms with Gasteiger partial charge in [-0.05, 0) is 62.0 Å². The lowest BCUT2D eigenvalue weighted by Gasteiger charge is -2.26. The maximum atomic E-state index is 13.2. The molecule has 0 radical (unpaired) electrons. The Morgan fingerprint density at radius 2 is 1.97 bits per heavy atom. The molecule has 0 aliphatic carbocycles. The van der Waals surface area contributed by atoms with Crippen molar-refractivity contribution in [2.24, 2.45) is 5.92 Å². The lowest BCUT2D eigenvalue weighted by Crippen LogP contribution is -2.33. The molecular formula is C26H31N5O4. The van der Waals surface area contributed by atoms with Crippen molar-refractivity contribution in [3.63, 3.8) is 0 Å². The van der Waals surface area contributed by atoms with Crippen molar-refractivity contribution in [3.8, 4) is 22.6 Å². The summed E-state index contributed by atoms with van der Waals surface area (Å²) in [6.07, 6.45) is 4.03. The van der Waals surface area contributed by atoms with Crippen LogP contribution in [0, 0.1) is 5.92 Å². The van der Waals surface area contributed by atoms with Crippen LogP contribution in [-0.4, -0.2) is 79.8 Å². The largest absolute Gasteiger partial charge is 0.492 e. The van der Waals surface area contributed by atoms with Gasteiger partial charge in [0.05, 0.1) is 17.8 Å². The van der Waals surface area contributed by atoms with E-state index in [4.69, 9.17) is 9.47 Å². The lowest BCUT2D eigenvalue weighted by molar-refractivity contribution is -0.121. The van der Waals surface area contributed by atoms with E-state index in [2.05, 4.69) is 15.5 Å². The first-order chi connectivity index (χ1) is 16.8. The standard InChI is InChI=1S/C26H31N5O4/c1-30(2)9-10-34-24-13-17(21-14-27-28-15-21)5-7-22(24)29-25(32)20-12-19-11-18(26(33)31(3)4)6-8-23(19)35-16-20/h5-8,11,13-15,20H,9-10,12,16H2,1-4H3,(H,27,28)(H,29,32)/t20-/m1/s1. The summed E-state index contributed by atoms with van der Waals surface area (Å²) in [4.78, 5) is 29.1. The van der Waals surface area contributed by atoms with E-state index >= 15 is 0 Å². The molecule has 2 amide bonds. The van der Waals surface area contributed by atoms with Crippen LogP contribution in [0.2, 0.25) is 0 Å². The summed E-state index contributed by atoms with van der Waals surface area (Å²) in [7, 11) is 7.38. The van der Waals surface area contributed by atoms with E-state index in [0.29, 0.717) is 35.8 Å². The number of nitrogens with zero attached hydrogens (tertiary/aromatic N) is 3. The second-order valence-corrected chi connectivity index (χ2v) is 9.07. The van der Waals surface area contributed by atoms with Gasteiger partial charge in [-0.25, -0.2) is 0 Å². The van der Waals surface area contributed by atoms with Crippen LogP contribution < -0.4 is 14.8 Å². The zero-order valence-electron chi connectivity index (χ0n) is 20.5. The number of carbonyl (C=O) groups excluding carboxylic acids is 2. The van der Waals surface area contributed by atoms with E-state index in [0.717, 1.165) is 23.2 Å². The average molecular weight is 478 g/mol. The lowest BCUT2D eigenvalue weighted by atomic mass is 9.94. The van der Waals surface area contributed by atoms with E-state index in [1.54, 1.807) is 32.4 Å². The van der Waals surface area contributed by atoms with Gasteiger partial charge >= 0.3 is 0 Å². The normalized spacial score (nSPS) is 14.7. The van der Waals surface area contributed by atoms with E-state index in [1.165, 1.54) is 4.90 Å². The monoisotopic (exact) mass is 477 g/mol. The highest BCUT2D eigenvalue weighted by Gasteiger charge is 2.27. The highest BCUT2D eigenvalue weighted by Crippen LogP contribution is 2.33. The number of amides is 2. The Morgan fingerprint density at radius 1 is 1.14 bits per heavy atom. The number of carbonyl (C=O) groups is 2. The molecule has 2 aromatic carbocycles. The Labute approximate surface area is 205 Å². The second-order valence-electron chi connectivity index (χ2n) is 9.07. The number of benzene rings is 2. The fraction of sp³-hybridized carbons (Fsp3) is 0.346. The highest BCUT2D eigenvalue weighted by molar-refractivity contribution is 5.96. The third-order valence-corrected chi connectivity index (χ3v) is 5.86. The Kier molecular flexibility index (Phi) is 7.36. The van der Waals surface area contributed by atoms with Gasteiger partial charge in [0.1, 0.15) is 24.7 Å². The minimum Gasteiger partial charge on any atom is -0.492 e. The van der Waals surface area contributed by atoms with E-state index in [1.807, 2.05) is 49.5 Å². The molecule has 0 fully saturated rings. The van der Waals surface area contributed by atoms with Crippen LogP contribution in [-0.2, 0) is 11.2 Å². The predicted molar refractivity (Wildman–Crippen MR) is 134 cm³/mol. The van der Waals surface area contributed by atoms with Gasteiger partial charge in [-0.1, -0.05) is 6.07 Å². The molecular weight excluding hydrogens is 446 g/mol. The Morgan fingerprint density at radius 3 is 2.69 bits per heavy atom. The van der Waals surface area contributed by atoms with E-state index < -0.39 is 5.92 Å². The first-order valence-electron chi connectivity index (χ1n) is 11.5. The highest BCUT2D eigenvalue weighted by atomic mass is 16.5. The predicted octanol–water partition coefficient (Wildman–Crippen LogP) is 2.91. The summed E-state index contributed by atoms with van der Waals surface area (Å²) in [5.41, 5.74) is 3.89. The number of likely N-dealkylation sites (N-methyl/N-ethyl adjacent to an activating group) is 1. The van der Waals surface area contributed by atoms with Gasteiger partial charge in [0.2, 0.25) is 5.91 Å². The van der Waals surface area contributed by atoms with Crippen LogP contribution in [0.1, 0.15) is 15.9 Å². The molecule has 1 aromatic heterocycles. The molecule has 0 saturated carbocycles. The fourth-order valence-electron chi connectivity index (χ4n) is 3.86. The number of aromatic amines is 1. The smallest absolute Gasteiger partial charge is 0.253 e. The number of anilines is 1. The van der Waals surface area contributed by atoms with Gasteiger partial charge in [-0.2, -0.15) is 5.10 Å². The molecule has 9 nitrogen and oxygen atoms in total. The molecule has 0 saturated heterocycles. The molecule has 2 N–H and O–H groups in total. The molecule has 184 valence electrons. The van der Waals surface area contributed by atoms with Crippen molar-refractivity contribution >= 4 is 17.5 Å². The first-order valence-corrected chi connectivity index (χ1v) is 11.5. The number of rotatable bonds is 8. The van der Waals surface area contributed by atoms with Crippen molar-refractivity contribution in [1.29, 1.82) is 0 Å². The number of hydrogen-bond donors (Lipinski definition) is 2. The Hall–Kier alpha value is -3.85. The Balaban J connectivity index is 1.51. The zero-order valence-corrected chi connectivity index (χ0v) is 20.5. The molecule has 1 aliphatic heterocycles. The zero-order chi connectivity index (χ0) is 24.9. The summed E-state index contributed by atoms with van der Waals surface area (Å²) >= 11 is 0. The van der Waals surface area contributed by atoms with Gasteiger partial charge in [0, 0.05) is 38.0 Å². The SMILES string of the molecule is CN(C)CCOc1cc(-c2cn[nH]c2)ccc1NC(=O)[C@H]1COc2ccc(C(=O)N(C)C)cc2C1. The van der Waals surface area contributed by atoms with Crippen LogP contribution in [0.25, 0.3) is 11.1 Å². The van der Waals surface area contributed by atoms with Crippen LogP contribution in [0.5, 0.6) is 11.5 Å². The number of nitrogens with one attached hydrogen (secondary N) is 2.